The second-order valence-electron chi connectivity index (χ2n) is 5.28. The molecule has 3 aromatic rings. The van der Waals surface area contributed by atoms with Crippen molar-refractivity contribution in [3.63, 3.8) is 0 Å². The third-order valence-corrected chi connectivity index (χ3v) is 5.51. The number of benzene rings is 2. The van der Waals surface area contributed by atoms with Gasteiger partial charge in [0.05, 0.1) is 22.6 Å². The molecule has 2 atom stereocenters. The van der Waals surface area contributed by atoms with Crippen LogP contribution in [0, 0.1) is 0 Å². The summed E-state index contributed by atoms with van der Waals surface area (Å²) >= 11 is 0. The summed E-state index contributed by atoms with van der Waals surface area (Å²) in [7, 11) is -1.64. The fourth-order valence-electron chi connectivity index (χ4n) is 2.35. The van der Waals surface area contributed by atoms with Gasteiger partial charge in [-0.3, -0.25) is 4.72 Å². The maximum atomic E-state index is 12.7. The average Bonchev–Trinajstić information content (AvgIpc) is 2.68. The Morgan fingerprint density at radius 2 is 1.81 bits per heavy atom. The molecule has 0 aliphatic rings. The molecule has 0 spiro atoms. The lowest BCUT2D eigenvalue weighted by atomic mass is 10.1. The van der Waals surface area contributed by atoms with Crippen LogP contribution in [0.1, 0.15) is 0 Å². The van der Waals surface area contributed by atoms with Crippen molar-refractivity contribution in [2.24, 2.45) is 5.14 Å². The molecule has 1 aromatic heterocycles. The largest absolute Gasteiger partial charge is 0.481 e. The van der Waals surface area contributed by atoms with E-state index in [4.69, 9.17) is 9.88 Å². The number of hydrogen-bond acceptors (Lipinski definition) is 4. The molecule has 0 fully saturated rings. The number of ether oxygens (including phenoxy) is 1. The van der Waals surface area contributed by atoms with E-state index in [0.29, 0.717) is 21.4 Å². The molecule has 0 aliphatic heterocycles. The molecule has 134 valence electrons. The zero-order chi connectivity index (χ0) is 18.5. The molecule has 0 aliphatic carbocycles. The molecule has 2 aromatic carbocycles. The van der Waals surface area contributed by atoms with Crippen LogP contribution >= 0.6 is 0 Å². The summed E-state index contributed by atoms with van der Waals surface area (Å²) in [6.45, 7) is 0. The molecule has 3 N–H and O–H groups in total. The van der Waals surface area contributed by atoms with Gasteiger partial charge in [0.2, 0.25) is 5.88 Å². The average molecular weight is 387 g/mol. The zero-order valence-corrected chi connectivity index (χ0v) is 15.5. The second kappa shape index (κ2) is 8.22. The molecular weight excluding hydrogens is 370 g/mol. The minimum atomic E-state index is -1.67. The lowest BCUT2D eigenvalue weighted by Crippen LogP contribution is -2.10. The zero-order valence-electron chi connectivity index (χ0n) is 13.9. The molecule has 1 heterocycles. The van der Waals surface area contributed by atoms with Crippen LogP contribution < -0.4 is 14.6 Å². The van der Waals surface area contributed by atoms with Gasteiger partial charge in [0.25, 0.3) is 0 Å². The minimum Gasteiger partial charge on any atom is -0.481 e. The summed E-state index contributed by atoms with van der Waals surface area (Å²) in [6.07, 6.45) is 1.70. The number of rotatable bonds is 6. The number of aromatic nitrogens is 1. The van der Waals surface area contributed by atoms with Gasteiger partial charge in [-0.2, -0.15) is 0 Å². The van der Waals surface area contributed by atoms with Crippen molar-refractivity contribution >= 4 is 27.7 Å². The van der Waals surface area contributed by atoms with Gasteiger partial charge in [0.1, 0.15) is 22.0 Å². The number of para-hydroxylation sites is 1. The monoisotopic (exact) mass is 387 g/mol. The minimum absolute atomic E-state index is 0.399. The summed E-state index contributed by atoms with van der Waals surface area (Å²) in [5, 5.41) is 5.47. The Morgan fingerprint density at radius 3 is 2.50 bits per heavy atom. The van der Waals surface area contributed by atoms with Crippen molar-refractivity contribution in [2.45, 2.75) is 9.79 Å². The Balaban J connectivity index is 1.86. The number of nitrogens with two attached hydrogens (primary N) is 1. The van der Waals surface area contributed by atoms with E-state index in [1.807, 2.05) is 24.3 Å². The quantitative estimate of drug-likeness (QED) is 0.680. The lowest BCUT2D eigenvalue weighted by molar-refractivity contribution is 0.398. The van der Waals surface area contributed by atoms with E-state index in [9.17, 15) is 8.42 Å². The molecule has 3 rings (SSSR count). The van der Waals surface area contributed by atoms with Gasteiger partial charge in [-0.15, -0.1) is 0 Å². The SMILES string of the molecule is COc1ccc(-c2cccc(S(=O)Nc3ccccc3S(N)=O)c2)cn1. The van der Waals surface area contributed by atoms with Crippen LogP contribution in [-0.2, 0) is 22.0 Å². The molecule has 0 saturated carbocycles. The maximum Gasteiger partial charge on any atom is 0.212 e. The first-order chi connectivity index (χ1) is 12.6. The fourth-order valence-corrected chi connectivity index (χ4v) is 3.89. The van der Waals surface area contributed by atoms with Crippen molar-refractivity contribution in [3.05, 3.63) is 66.9 Å². The van der Waals surface area contributed by atoms with E-state index in [0.717, 1.165) is 11.1 Å². The van der Waals surface area contributed by atoms with Gasteiger partial charge in [-0.05, 0) is 35.9 Å². The van der Waals surface area contributed by atoms with Crippen LogP contribution in [0.3, 0.4) is 0 Å². The number of nitrogens with zero attached hydrogens (tertiary/aromatic N) is 1. The molecule has 8 heteroatoms. The predicted octanol–water partition coefficient (Wildman–Crippen LogP) is 2.87. The summed E-state index contributed by atoms with van der Waals surface area (Å²) < 4.78 is 32.2. The number of nitrogens with one attached hydrogen (secondary N) is 1. The lowest BCUT2D eigenvalue weighted by Gasteiger charge is -2.10. The summed E-state index contributed by atoms with van der Waals surface area (Å²) in [4.78, 5) is 5.16. The van der Waals surface area contributed by atoms with E-state index < -0.39 is 22.0 Å². The van der Waals surface area contributed by atoms with Crippen LogP contribution in [-0.4, -0.2) is 20.5 Å². The van der Waals surface area contributed by atoms with Gasteiger partial charge in [0.15, 0.2) is 0 Å². The highest BCUT2D eigenvalue weighted by atomic mass is 32.2. The van der Waals surface area contributed by atoms with Gasteiger partial charge in [-0.25, -0.2) is 18.5 Å². The van der Waals surface area contributed by atoms with E-state index in [1.165, 1.54) is 0 Å². The smallest absolute Gasteiger partial charge is 0.212 e. The number of anilines is 1. The van der Waals surface area contributed by atoms with Crippen LogP contribution in [0.15, 0.2) is 76.7 Å². The summed E-state index contributed by atoms with van der Waals surface area (Å²) in [5.41, 5.74) is 2.24. The Labute approximate surface area is 156 Å². The highest BCUT2D eigenvalue weighted by Crippen LogP contribution is 2.24. The Kier molecular flexibility index (Phi) is 5.77. The van der Waals surface area contributed by atoms with Crippen LogP contribution in [0.2, 0.25) is 0 Å². The Morgan fingerprint density at radius 1 is 1.00 bits per heavy atom. The summed E-state index contributed by atoms with van der Waals surface area (Å²) in [5.74, 6) is 0.529. The van der Waals surface area contributed by atoms with Gasteiger partial charge >= 0.3 is 0 Å². The maximum absolute atomic E-state index is 12.7. The molecule has 26 heavy (non-hydrogen) atoms. The van der Waals surface area contributed by atoms with Crippen molar-refractivity contribution in [1.29, 1.82) is 0 Å². The number of methoxy groups -OCH3 is 1. The van der Waals surface area contributed by atoms with E-state index in [2.05, 4.69) is 9.71 Å². The molecule has 0 amide bonds. The topological polar surface area (TPSA) is 94.3 Å². The van der Waals surface area contributed by atoms with Crippen molar-refractivity contribution in [2.75, 3.05) is 11.8 Å². The first kappa shape index (κ1) is 18.2. The Hall–Kier alpha value is -2.55. The van der Waals surface area contributed by atoms with Crippen molar-refractivity contribution < 1.29 is 13.2 Å². The van der Waals surface area contributed by atoms with Crippen LogP contribution in [0.25, 0.3) is 11.1 Å². The molecule has 0 radical (unpaired) electrons. The number of pyridine rings is 1. The first-order valence-corrected chi connectivity index (χ1v) is 9.99. The molecule has 0 saturated heterocycles. The first-order valence-electron chi connectivity index (χ1n) is 7.62. The third-order valence-electron chi connectivity index (χ3n) is 3.63. The van der Waals surface area contributed by atoms with Crippen LogP contribution in [0.4, 0.5) is 5.69 Å². The van der Waals surface area contributed by atoms with Crippen molar-refractivity contribution in [3.8, 4) is 17.0 Å². The normalized spacial score (nSPS) is 13.0. The standard InChI is InChI=1S/C18H17N3O3S2/c1-24-18-10-9-14(12-20-18)13-5-4-6-15(11-13)26(23)21-16-7-2-3-8-17(16)25(19)22/h2-12,21H,19H2,1H3. The van der Waals surface area contributed by atoms with Gasteiger partial charge in [0, 0.05) is 17.8 Å². The number of hydrogen-bond donors (Lipinski definition) is 2. The van der Waals surface area contributed by atoms with Gasteiger partial charge in [-0.1, -0.05) is 24.3 Å². The molecule has 0 bridgehead atoms. The molecule has 6 nitrogen and oxygen atoms in total. The fraction of sp³-hybridized carbons (Fsp3) is 0.0556. The van der Waals surface area contributed by atoms with E-state index >= 15 is 0 Å². The Bertz CT molecular complexity index is 962. The predicted molar refractivity (Wildman–Crippen MR) is 103 cm³/mol. The summed E-state index contributed by atoms with van der Waals surface area (Å²) in [6, 6.07) is 17.8. The van der Waals surface area contributed by atoms with Crippen molar-refractivity contribution in [1.82, 2.24) is 4.98 Å². The highest BCUT2D eigenvalue weighted by molar-refractivity contribution is 7.86. The molecule has 2 unspecified atom stereocenters. The third kappa shape index (κ3) is 4.16. The van der Waals surface area contributed by atoms with E-state index in [-0.39, 0.29) is 0 Å². The van der Waals surface area contributed by atoms with Gasteiger partial charge < -0.3 is 4.74 Å². The van der Waals surface area contributed by atoms with Crippen LogP contribution in [0.5, 0.6) is 5.88 Å². The highest BCUT2D eigenvalue weighted by Gasteiger charge is 2.11. The van der Waals surface area contributed by atoms with E-state index in [1.54, 1.807) is 49.7 Å². The molecular formula is C18H17N3O3S2. The second-order valence-corrected chi connectivity index (χ2v) is 7.53.